The van der Waals surface area contributed by atoms with Crippen molar-refractivity contribution in [2.45, 2.75) is 17.1 Å². The van der Waals surface area contributed by atoms with Crippen molar-refractivity contribution in [1.82, 2.24) is 19.6 Å². The molecule has 0 spiro atoms. The summed E-state index contributed by atoms with van der Waals surface area (Å²) in [6.07, 6.45) is 0.609. The van der Waals surface area contributed by atoms with Crippen LogP contribution in [0.15, 0.2) is 71.6 Å². The first-order valence-electron chi connectivity index (χ1n) is 7.94. The zero-order valence-electron chi connectivity index (χ0n) is 13.4. The lowest BCUT2D eigenvalue weighted by Crippen LogP contribution is -1.96. The molecule has 2 heterocycles. The van der Waals surface area contributed by atoms with E-state index in [-0.39, 0.29) is 5.88 Å². The number of hydrogen-bond donors (Lipinski definition) is 1. The molecule has 0 atom stereocenters. The Morgan fingerprint density at radius 3 is 2.40 bits per heavy atom. The van der Waals surface area contributed by atoms with Crippen molar-refractivity contribution in [3.8, 4) is 5.88 Å². The molecule has 0 aliphatic carbocycles. The number of rotatable bonds is 5. The molecule has 6 heteroatoms. The summed E-state index contributed by atoms with van der Waals surface area (Å²) < 4.78 is 1.38. The van der Waals surface area contributed by atoms with Gasteiger partial charge in [-0.3, -0.25) is 0 Å². The van der Waals surface area contributed by atoms with Crippen molar-refractivity contribution in [1.29, 1.82) is 0 Å². The highest BCUT2D eigenvalue weighted by Gasteiger charge is 2.11. The van der Waals surface area contributed by atoms with E-state index in [0.717, 1.165) is 16.2 Å². The molecule has 1 N–H and O–H groups in total. The minimum Gasteiger partial charge on any atom is -0.493 e. The van der Waals surface area contributed by atoms with Gasteiger partial charge in [0.25, 0.3) is 5.78 Å². The van der Waals surface area contributed by atoms with E-state index >= 15 is 0 Å². The normalized spacial score (nSPS) is 11.0. The van der Waals surface area contributed by atoms with Gasteiger partial charge in [0.1, 0.15) is 0 Å². The van der Waals surface area contributed by atoms with Crippen LogP contribution in [-0.2, 0) is 12.2 Å². The number of aromatic nitrogens is 4. The SMILES string of the molecule is Oc1cc(CSc2ccccc2)nc2nc(Cc3ccccc3)nn12. The van der Waals surface area contributed by atoms with Crippen LogP contribution in [0, 0.1) is 0 Å². The highest BCUT2D eigenvalue weighted by Crippen LogP contribution is 2.23. The predicted octanol–water partition coefficient (Wildman–Crippen LogP) is 3.71. The molecule has 0 saturated heterocycles. The van der Waals surface area contributed by atoms with Gasteiger partial charge in [-0.1, -0.05) is 48.5 Å². The molecule has 25 heavy (non-hydrogen) atoms. The van der Waals surface area contributed by atoms with E-state index in [1.54, 1.807) is 17.8 Å². The molecule has 5 nitrogen and oxygen atoms in total. The van der Waals surface area contributed by atoms with Crippen LogP contribution >= 0.6 is 11.8 Å². The zero-order chi connectivity index (χ0) is 17.1. The van der Waals surface area contributed by atoms with Crippen molar-refractivity contribution in [3.05, 3.63) is 83.8 Å². The van der Waals surface area contributed by atoms with Gasteiger partial charge >= 0.3 is 0 Å². The van der Waals surface area contributed by atoms with E-state index in [1.807, 2.05) is 48.5 Å². The molecular weight excluding hydrogens is 332 g/mol. The molecule has 0 bridgehead atoms. The van der Waals surface area contributed by atoms with Gasteiger partial charge in [-0.2, -0.15) is 9.50 Å². The van der Waals surface area contributed by atoms with Crippen LogP contribution in [0.25, 0.3) is 5.78 Å². The maximum atomic E-state index is 10.2. The van der Waals surface area contributed by atoms with E-state index in [9.17, 15) is 5.11 Å². The molecule has 4 rings (SSSR count). The summed E-state index contributed by atoms with van der Waals surface area (Å²) in [6, 6.07) is 21.8. The standard InChI is InChI=1S/C19H16N4OS/c24-18-12-15(13-25-16-9-5-2-6-10-16)20-19-21-17(22-23(18)19)11-14-7-3-1-4-8-14/h1-10,12,24H,11,13H2. The number of aromatic hydroxyl groups is 1. The maximum Gasteiger partial charge on any atom is 0.255 e. The first kappa shape index (κ1) is 15.7. The van der Waals surface area contributed by atoms with Gasteiger partial charge in [0, 0.05) is 23.1 Å². The van der Waals surface area contributed by atoms with Crippen LogP contribution in [0.1, 0.15) is 17.1 Å². The summed E-state index contributed by atoms with van der Waals surface area (Å²) >= 11 is 1.67. The molecule has 0 fully saturated rings. The predicted molar refractivity (Wildman–Crippen MR) is 97.7 cm³/mol. The second-order valence-electron chi connectivity index (χ2n) is 5.61. The monoisotopic (exact) mass is 348 g/mol. The van der Waals surface area contributed by atoms with E-state index in [2.05, 4.69) is 27.2 Å². The fraction of sp³-hybridized carbons (Fsp3) is 0.105. The number of benzene rings is 2. The van der Waals surface area contributed by atoms with Crippen LogP contribution in [0.2, 0.25) is 0 Å². The van der Waals surface area contributed by atoms with Crippen LogP contribution < -0.4 is 0 Å². The summed E-state index contributed by atoms with van der Waals surface area (Å²) in [4.78, 5) is 10.1. The second-order valence-corrected chi connectivity index (χ2v) is 6.66. The summed E-state index contributed by atoms with van der Waals surface area (Å²) in [5, 5.41) is 14.6. The van der Waals surface area contributed by atoms with Crippen molar-refractivity contribution in [2.24, 2.45) is 0 Å². The highest BCUT2D eigenvalue weighted by atomic mass is 32.2. The minimum atomic E-state index is 0.0560. The summed E-state index contributed by atoms with van der Waals surface area (Å²) in [6.45, 7) is 0. The molecular formula is C19H16N4OS. The molecule has 124 valence electrons. The smallest absolute Gasteiger partial charge is 0.255 e. The third-order valence-corrected chi connectivity index (χ3v) is 4.77. The van der Waals surface area contributed by atoms with Gasteiger partial charge in [0.2, 0.25) is 5.88 Å². The van der Waals surface area contributed by atoms with Crippen molar-refractivity contribution in [3.63, 3.8) is 0 Å². The summed E-state index contributed by atoms with van der Waals surface area (Å²) in [5.74, 6) is 1.78. The Hall–Kier alpha value is -2.86. The third kappa shape index (κ3) is 3.64. The molecule has 0 aliphatic heterocycles. The molecule has 0 radical (unpaired) electrons. The third-order valence-electron chi connectivity index (χ3n) is 3.73. The van der Waals surface area contributed by atoms with Gasteiger partial charge in [0.05, 0.1) is 5.69 Å². The van der Waals surface area contributed by atoms with Gasteiger partial charge in [0.15, 0.2) is 5.82 Å². The second kappa shape index (κ2) is 6.94. The Bertz CT molecular complexity index is 986. The van der Waals surface area contributed by atoms with Gasteiger partial charge in [-0.25, -0.2) is 4.98 Å². The minimum absolute atomic E-state index is 0.0560. The van der Waals surface area contributed by atoms with Gasteiger partial charge in [-0.15, -0.1) is 16.9 Å². The van der Waals surface area contributed by atoms with Crippen LogP contribution in [0.3, 0.4) is 0 Å². The first-order chi connectivity index (χ1) is 12.3. The number of fused-ring (bicyclic) bond motifs is 1. The van der Waals surface area contributed by atoms with E-state index in [4.69, 9.17) is 0 Å². The van der Waals surface area contributed by atoms with Crippen LogP contribution in [-0.4, -0.2) is 24.7 Å². The quantitative estimate of drug-likeness (QED) is 0.557. The van der Waals surface area contributed by atoms with Crippen LogP contribution in [0.4, 0.5) is 0 Å². The summed E-state index contributed by atoms with van der Waals surface area (Å²) in [5.41, 5.74) is 1.90. The molecule has 0 saturated carbocycles. The Morgan fingerprint density at radius 2 is 1.64 bits per heavy atom. The van der Waals surface area contributed by atoms with E-state index in [0.29, 0.717) is 23.8 Å². The Morgan fingerprint density at radius 1 is 0.920 bits per heavy atom. The Labute approximate surface area is 149 Å². The van der Waals surface area contributed by atoms with Crippen molar-refractivity contribution in [2.75, 3.05) is 0 Å². The molecule has 2 aromatic carbocycles. The summed E-state index contributed by atoms with van der Waals surface area (Å²) in [7, 11) is 0. The van der Waals surface area contributed by atoms with E-state index in [1.165, 1.54) is 4.52 Å². The molecule has 2 aromatic heterocycles. The number of nitrogens with zero attached hydrogens (tertiary/aromatic N) is 4. The molecule has 4 aromatic rings. The maximum absolute atomic E-state index is 10.2. The lowest BCUT2D eigenvalue weighted by molar-refractivity contribution is 0.434. The highest BCUT2D eigenvalue weighted by molar-refractivity contribution is 7.98. The first-order valence-corrected chi connectivity index (χ1v) is 8.93. The molecule has 0 unspecified atom stereocenters. The zero-order valence-corrected chi connectivity index (χ0v) is 14.2. The largest absolute Gasteiger partial charge is 0.493 e. The van der Waals surface area contributed by atoms with Crippen molar-refractivity contribution >= 4 is 17.5 Å². The molecule has 0 aliphatic rings. The van der Waals surface area contributed by atoms with Gasteiger partial charge < -0.3 is 5.11 Å². The van der Waals surface area contributed by atoms with Crippen LogP contribution in [0.5, 0.6) is 5.88 Å². The number of thioether (sulfide) groups is 1. The van der Waals surface area contributed by atoms with Gasteiger partial charge in [-0.05, 0) is 17.7 Å². The molecule has 0 amide bonds. The number of hydrogen-bond acceptors (Lipinski definition) is 5. The van der Waals surface area contributed by atoms with E-state index < -0.39 is 0 Å². The Kier molecular flexibility index (Phi) is 4.35. The lowest BCUT2D eigenvalue weighted by atomic mass is 10.1. The average molecular weight is 348 g/mol. The van der Waals surface area contributed by atoms with Crippen molar-refractivity contribution < 1.29 is 5.11 Å². The fourth-order valence-corrected chi connectivity index (χ4v) is 3.36. The lowest BCUT2D eigenvalue weighted by Gasteiger charge is -2.03. The topological polar surface area (TPSA) is 63.3 Å². The fourth-order valence-electron chi connectivity index (χ4n) is 2.54. The average Bonchev–Trinajstić information content (AvgIpc) is 3.05. The Balaban J connectivity index is 1.56.